The van der Waals surface area contributed by atoms with E-state index in [1.54, 1.807) is 7.11 Å². The highest BCUT2D eigenvalue weighted by atomic mass is 35.5. The summed E-state index contributed by atoms with van der Waals surface area (Å²) in [6.07, 6.45) is 0.687. The highest BCUT2D eigenvalue weighted by molar-refractivity contribution is 7.92. The maximum atomic E-state index is 12.2. The van der Waals surface area contributed by atoms with Gasteiger partial charge in [-0.25, -0.2) is 8.42 Å². The number of benzene rings is 2. The molecule has 0 spiro atoms. The summed E-state index contributed by atoms with van der Waals surface area (Å²) in [4.78, 5) is 13.8. The minimum atomic E-state index is -3.43. The number of sulfonamides is 1. The minimum absolute atomic E-state index is 0.0909. The van der Waals surface area contributed by atoms with E-state index in [4.69, 9.17) is 21.3 Å². The smallest absolute Gasteiger partial charge is 0.318 e. The first-order valence-corrected chi connectivity index (χ1v) is 13.4. The summed E-state index contributed by atoms with van der Waals surface area (Å²) in [7, 11) is 0.238. The Kier molecular flexibility index (Phi) is 6.43. The molecule has 0 bridgehead atoms. The first kappa shape index (κ1) is 24.0. The molecule has 10 heteroatoms. The van der Waals surface area contributed by atoms with Crippen molar-refractivity contribution in [2.75, 3.05) is 45.2 Å². The molecule has 0 amide bonds. The van der Waals surface area contributed by atoms with Crippen LogP contribution >= 0.6 is 11.6 Å². The number of piperazine rings is 1. The largest absolute Gasteiger partial charge is 0.467 e. The molecule has 1 atom stereocenters. The van der Waals surface area contributed by atoms with Gasteiger partial charge in [-0.05, 0) is 24.1 Å². The number of fused-ring (bicyclic) bond motifs is 2. The monoisotopic (exact) mass is 513 g/mol. The Balaban J connectivity index is 1.50. The zero-order chi connectivity index (χ0) is 24.7. The van der Waals surface area contributed by atoms with Crippen LogP contribution < -0.4 is 9.64 Å². The number of methoxy groups -OCH3 is 1. The molecule has 1 fully saturated rings. The Morgan fingerprint density at radius 2 is 1.83 bits per heavy atom. The van der Waals surface area contributed by atoms with Crippen molar-refractivity contribution in [3.05, 3.63) is 70.2 Å². The Morgan fingerprint density at radius 1 is 1.11 bits per heavy atom. The fraction of sp³-hybridized carbons (Fsp3) is 0.360. The molecule has 5 rings (SSSR count). The lowest BCUT2D eigenvalue weighted by molar-refractivity contribution is 0.214. The SMILES string of the molecule is C=CS(=O)(=O)N1CCN(c2nc(OC)nc3c2CN(C)C(c2cccc4cccc(Cl)c24)C3)CC1. The number of aromatic nitrogens is 2. The van der Waals surface area contributed by atoms with Crippen LogP contribution in [0.5, 0.6) is 6.01 Å². The number of hydrogen-bond donors (Lipinski definition) is 0. The molecule has 0 aliphatic carbocycles. The van der Waals surface area contributed by atoms with Gasteiger partial charge >= 0.3 is 6.01 Å². The van der Waals surface area contributed by atoms with Gasteiger partial charge in [0.05, 0.1) is 12.8 Å². The Bertz CT molecular complexity index is 1380. The molecule has 0 N–H and O–H groups in total. The highest BCUT2D eigenvalue weighted by Crippen LogP contribution is 2.40. The van der Waals surface area contributed by atoms with E-state index in [0.29, 0.717) is 45.2 Å². The summed E-state index contributed by atoms with van der Waals surface area (Å²) >= 11 is 6.63. The second-order valence-electron chi connectivity index (χ2n) is 8.88. The summed E-state index contributed by atoms with van der Waals surface area (Å²) < 4.78 is 31.3. The number of rotatable bonds is 5. The van der Waals surface area contributed by atoms with E-state index < -0.39 is 10.0 Å². The molecular formula is C25H28ClN5O3S. The van der Waals surface area contributed by atoms with Gasteiger partial charge in [0, 0.05) is 66.6 Å². The average molecular weight is 514 g/mol. The summed E-state index contributed by atoms with van der Waals surface area (Å²) in [5.41, 5.74) is 3.17. The van der Waals surface area contributed by atoms with Crippen molar-refractivity contribution < 1.29 is 13.2 Å². The third kappa shape index (κ3) is 4.38. The van der Waals surface area contributed by atoms with Crippen molar-refractivity contribution in [1.29, 1.82) is 0 Å². The Labute approximate surface area is 210 Å². The highest BCUT2D eigenvalue weighted by Gasteiger charge is 2.33. The number of likely N-dealkylation sites (N-methyl/N-ethyl adjacent to an activating group) is 1. The Hall–Kier alpha value is -2.72. The predicted octanol–water partition coefficient (Wildman–Crippen LogP) is 3.62. The van der Waals surface area contributed by atoms with Crippen LogP contribution in [0, 0.1) is 0 Å². The molecule has 0 radical (unpaired) electrons. The molecule has 2 aliphatic rings. The van der Waals surface area contributed by atoms with E-state index in [0.717, 1.165) is 38.3 Å². The van der Waals surface area contributed by atoms with Crippen molar-refractivity contribution in [1.82, 2.24) is 19.2 Å². The third-order valence-electron chi connectivity index (χ3n) is 6.91. The molecule has 3 aromatic rings. The summed E-state index contributed by atoms with van der Waals surface area (Å²) in [5.74, 6) is 0.809. The van der Waals surface area contributed by atoms with Crippen LogP contribution in [0.25, 0.3) is 10.8 Å². The van der Waals surface area contributed by atoms with Gasteiger partial charge in [-0.2, -0.15) is 14.3 Å². The van der Waals surface area contributed by atoms with Crippen LogP contribution in [0.1, 0.15) is 22.9 Å². The number of ether oxygens (including phenoxy) is 1. The van der Waals surface area contributed by atoms with Gasteiger partial charge in [-0.15, -0.1) is 0 Å². The molecular weight excluding hydrogens is 486 g/mol. The lowest BCUT2D eigenvalue weighted by Crippen LogP contribution is -2.49. The molecule has 3 heterocycles. The number of hydrogen-bond acceptors (Lipinski definition) is 7. The lowest BCUT2D eigenvalue weighted by atomic mass is 9.90. The molecule has 184 valence electrons. The predicted molar refractivity (Wildman–Crippen MR) is 138 cm³/mol. The zero-order valence-electron chi connectivity index (χ0n) is 19.8. The van der Waals surface area contributed by atoms with E-state index >= 15 is 0 Å². The first-order chi connectivity index (χ1) is 16.8. The molecule has 0 saturated carbocycles. The van der Waals surface area contributed by atoms with Crippen molar-refractivity contribution in [3.8, 4) is 6.01 Å². The van der Waals surface area contributed by atoms with Gasteiger partial charge < -0.3 is 9.64 Å². The van der Waals surface area contributed by atoms with Crippen LogP contribution in [0.4, 0.5) is 5.82 Å². The number of nitrogens with zero attached hydrogens (tertiary/aromatic N) is 5. The molecule has 1 unspecified atom stereocenters. The van der Waals surface area contributed by atoms with Crippen LogP contribution in [0.2, 0.25) is 5.02 Å². The standard InChI is InChI=1S/C25H28ClN5O3S/c1-4-35(32,33)31-13-11-30(12-14-31)24-19-16-29(2)22(15-21(19)27-25(28-24)34-3)18-9-5-7-17-8-6-10-20(26)23(17)18/h4-10,22H,1,11-16H2,2-3H3. The van der Waals surface area contributed by atoms with Crippen LogP contribution in [0.15, 0.2) is 48.4 Å². The summed E-state index contributed by atoms with van der Waals surface area (Å²) in [6, 6.07) is 12.7. The second kappa shape index (κ2) is 9.39. The van der Waals surface area contributed by atoms with Gasteiger partial charge in [-0.3, -0.25) is 4.90 Å². The second-order valence-corrected chi connectivity index (χ2v) is 11.2. The van der Waals surface area contributed by atoms with Gasteiger partial charge in [0.15, 0.2) is 0 Å². The van der Waals surface area contributed by atoms with Crippen molar-refractivity contribution in [3.63, 3.8) is 0 Å². The molecule has 2 aromatic carbocycles. The quantitative estimate of drug-likeness (QED) is 0.515. The minimum Gasteiger partial charge on any atom is -0.467 e. The Morgan fingerprint density at radius 3 is 2.51 bits per heavy atom. The molecule has 1 aromatic heterocycles. The van der Waals surface area contributed by atoms with Crippen molar-refractivity contribution in [2.24, 2.45) is 0 Å². The number of anilines is 1. The van der Waals surface area contributed by atoms with Gasteiger partial charge in [0.1, 0.15) is 5.82 Å². The van der Waals surface area contributed by atoms with Crippen LogP contribution in [-0.2, 0) is 23.0 Å². The van der Waals surface area contributed by atoms with Gasteiger partial charge in [-0.1, -0.05) is 48.5 Å². The molecule has 2 aliphatic heterocycles. The fourth-order valence-electron chi connectivity index (χ4n) is 5.09. The maximum absolute atomic E-state index is 12.2. The zero-order valence-corrected chi connectivity index (χ0v) is 21.4. The summed E-state index contributed by atoms with van der Waals surface area (Å²) in [6.45, 7) is 5.92. The fourth-order valence-corrected chi connectivity index (χ4v) is 6.26. The van der Waals surface area contributed by atoms with E-state index in [-0.39, 0.29) is 6.04 Å². The average Bonchev–Trinajstić information content (AvgIpc) is 2.87. The van der Waals surface area contributed by atoms with Gasteiger partial charge in [0.25, 0.3) is 0 Å². The van der Waals surface area contributed by atoms with Crippen molar-refractivity contribution >= 4 is 38.2 Å². The number of halogens is 1. The van der Waals surface area contributed by atoms with E-state index in [2.05, 4.69) is 52.7 Å². The topological polar surface area (TPSA) is 78.9 Å². The molecule has 1 saturated heterocycles. The lowest BCUT2D eigenvalue weighted by Gasteiger charge is -2.39. The van der Waals surface area contributed by atoms with E-state index in [1.165, 1.54) is 9.87 Å². The van der Waals surface area contributed by atoms with Crippen LogP contribution in [-0.4, -0.2) is 67.9 Å². The molecule has 8 nitrogen and oxygen atoms in total. The van der Waals surface area contributed by atoms with Crippen LogP contribution in [0.3, 0.4) is 0 Å². The van der Waals surface area contributed by atoms with Gasteiger partial charge in [0.2, 0.25) is 10.0 Å². The van der Waals surface area contributed by atoms with E-state index in [9.17, 15) is 8.42 Å². The normalized spacial score (nSPS) is 19.5. The van der Waals surface area contributed by atoms with Crippen molar-refractivity contribution in [2.45, 2.75) is 19.0 Å². The maximum Gasteiger partial charge on any atom is 0.318 e. The molecule has 35 heavy (non-hydrogen) atoms. The summed E-state index contributed by atoms with van der Waals surface area (Å²) in [5, 5.41) is 3.93. The first-order valence-electron chi connectivity index (χ1n) is 11.5. The van der Waals surface area contributed by atoms with E-state index in [1.807, 2.05) is 12.1 Å². The third-order valence-corrected chi connectivity index (χ3v) is 8.73.